The molecule has 1 aromatic carbocycles. The molecule has 0 aliphatic rings. The average Bonchev–Trinajstić information content (AvgIpc) is 3.17. The highest BCUT2D eigenvalue weighted by Gasteiger charge is 2.15. The van der Waals surface area contributed by atoms with Gasteiger partial charge in [-0.05, 0) is 24.3 Å². The predicted molar refractivity (Wildman–Crippen MR) is 85.9 cm³/mol. The van der Waals surface area contributed by atoms with Crippen molar-refractivity contribution in [2.45, 2.75) is 6.54 Å². The molecule has 3 aromatic rings. The van der Waals surface area contributed by atoms with Crippen LogP contribution in [0.4, 0.5) is 0 Å². The van der Waals surface area contributed by atoms with E-state index in [1.807, 2.05) is 5.32 Å². The van der Waals surface area contributed by atoms with Gasteiger partial charge in [0.1, 0.15) is 12.1 Å². The summed E-state index contributed by atoms with van der Waals surface area (Å²) in [5, 5.41) is 9.77. The van der Waals surface area contributed by atoms with E-state index in [9.17, 15) is 19.2 Å². The van der Waals surface area contributed by atoms with Crippen molar-refractivity contribution in [3.8, 4) is 0 Å². The number of carbonyl (C=O) groups excluding carboxylic acids is 3. The molecule has 0 aliphatic carbocycles. The molecule has 2 heterocycles. The van der Waals surface area contributed by atoms with E-state index >= 15 is 0 Å². The van der Waals surface area contributed by atoms with E-state index < -0.39 is 36.5 Å². The van der Waals surface area contributed by atoms with Crippen LogP contribution in [-0.4, -0.2) is 39.4 Å². The normalized spacial score (nSPS) is 10.5. The molecule has 26 heavy (non-hydrogen) atoms. The maximum absolute atomic E-state index is 12.2. The van der Waals surface area contributed by atoms with Gasteiger partial charge in [-0.3, -0.25) is 24.5 Å². The fourth-order valence-corrected chi connectivity index (χ4v) is 2.07. The lowest BCUT2D eigenvalue weighted by molar-refractivity contribution is -0.149. The fourth-order valence-electron chi connectivity index (χ4n) is 2.07. The van der Waals surface area contributed by atoms with Gasteiger partial charge in [-0.15, -0.1) is 5.10 Å². The first-order valence-electron chi connectivity index (χ1n) is 7.40. The summed E-state index contributed by atoms with van der Waals surface area (Å²) in [6.45, 7) is -1.21. The topological polar surface area (TPSA) is 133 Å². The Bertz CT molecular complexity index is 1020. The van der Waals surface area contributed by atoms with E-state index in [-0.39, 0.29) is 5.76 Å². The monoisotopic (exact) mass is 356 g/mol. The number of rotatable bonds is 5. The summed E-state index contributed by atoms with van der Waals surface area (Å²) >= 11 is 0. The van der Waals surface area contributed by atoms with Crippen molar-refractivity contribution in [2.24, 2.45) is 0 Å². The lowest BCUT2D eigenvalue weighted by Crippen LogP contribution is -2.35. The maximum Gasteiger partial charge on any atom is 0.328 e. The molecule has 2 aromatic heterocycles. The van der Waals surface area contributed by atoms with Crippen molar-refractivity contribution >= 4 is 28.7 Å². The lowest BCUT2D eigenvalue weighted by Gasteiger charge is -2.06. The van der Waals surface area contributed by atoms with Gasteiger partial charge in [0.2, 0.25) is 0 Å². The zero-order chi connectivity index (χ0) is 18.5. The van der Waals surface area contributed by atoms with Gasteiger partial charge >= 0.3 is 5.97 Å². The van der Waals surface area contributed by atoms with E-state index in [0.29, 0.717) is 10.9 Å². The molecule has 0 bridgehead atoms. The first kappa shape index (κ1) is 17.0. The van der Waals surface area contributed by atoms with E-state index in [0.717, 1.165) is 4.68 Å². The summed E-state index contributed by atoms with van der Waals surface area (Å²) < 4.78 is 10.4. The van der Waals surface area contributed by atoms with Crippen LogP contribution in [0.5, 0.6) is 0 Å². The molecule has 132 valence electrons. The molecule has 2 amide bonds. The number of benzene rings is 1. The van der Waals surface area contributed by atoms with Crippen LogP contribution in [0.2, 0.25) is 0 Å². The number of furan rings is 1. The molecule has 0 unspecified atom stereocenters. The molecule has 1 N–H and O–H groups in total. The Morgan fingerprint density at radius 3 is 2.73 bits per heavy atom. The van der Waals surface area contributed by atoms with E-state index in [2.05, 4.69) is 10.3 Å². The Labute approximate surface area is 145 Å². The zero-order valence-corrected chi connectivity index (χ0v) is 13.2. The van der Waals surface area contributed by atoms with E-state index in [4.69, 9.17) is 9.15 Å². The van der Waals surface area contributed by atoms with Crippen LogP contribution in [0, 0.1) is 0 Å². The molecule has 0 saturated carbocycles. The number of aromatic nitrogens is 3. The second-order valence-electron chi connectivity index (χ2n) is 5.08. The number of esters is 1. The quantitative estimate of drug-likeness (QED) is 0.626. The van der Waals surface area contributed by atoms with Crippen LogP contribution in [0.25, 0.3) is 10.9 Å². The highest BCUT2D eigenvalue weighted by molar-refractivity contribution is 6.03. The molecule has 0 fully saturated rings. The van der Waals surface area contributed by atoms with Crippen molar-refractivity contribution in [2.75, 3.05) is 6.61 Å². The van der Waals surface area contributed by atoms with Crippen LogP contribution in [0.15, 0.2) is 51.9 Å². The van der Waals surface area contributed by atoms with Crippen molar-refractivity contribution in [3.05, 3.63) is 58.8 Å². The number of fused-ring (bicyclic) bond motifs is 1. The number of hydrogen-bond acceptors (Lipinski definition) is 8. The smallest absolute Gasteiger partial charge is 0.328 e. The van der Waals surface area contributed by atoms with Crippen LogP contribution in [-0.2, 0) is 20.9 Å². The molecule has 0 spiro atoms. The Kier molecular flexibility index (Phi) is 4.83. The second kappa shape index (κ2) is 7.38. The summed E-state index contributed by atoms with van der Waals surface area (Å²) in [5.74, 6) is -2.52. The number of nitrogens with one attached hydrogen (secondary N) is 1. The molecule has 0 saturated heterocycles. The molecule has 0 radical (unpaired) electrons. The van der Waals surface area contributed by atoms with Crippen molar-refractivity contribution < 1.29 is 23.5 Å². The third-order valence-electron chi connectivity index (χ3n) is 3.27. The largest absolute Gasteiger partial charge is 0.459 e. The molecular weight excluding hydrogens is 344 g/mol. The van der Waals surface area contributed by atoms with Gasteiger partial charge in [0.25, 0.3) is 17.4 Å². The van der Waals surface area contributed by atoms with Gasteiger partial charge in [-0.25, -0.2) is 0 Å². The SMILES string of the molecule is O=C(COC(=O)Cn1nnc2ccccc2c1=O)NC(=O)c1ccco1. The highest BCUT2D eigenvalue weighted by atomic mass is 16.5. The summed E-state index contributed by atoms with van der Waals surface area (Å²) in [5.41, 5.74) is -0.108. The fraction of sp³-hybridized carbons (Fsp3) is 0.125. The van der Waals surface area contributed by atoms with E-state index in [1.54, 1.807) is 24.3 Å². The van der Waals surface area contributed by atoms with Crippen molar-refractivity contribution in [1.82, 2.24) is 20.3 Å². The predicted octanol–water partition coefficient (Wildman–Crippen LogP) is -0.116. The standard InChI is InChI=1S/C16H12N4O6/c21-13(17-15(23)12-6-3-7-25-12)9-26-14(22)8-20-16(24)10-4-1-2-5-11(10)18-19-20/h1-7H,8-9H2,(H,17,21,23). The summed E-state index contributed by atoms with van der Waals surface area (Å²) in [7, 11) is 0. The number of hydrogen-bond donors (Lipinski definition) is 1. The van der Waals surface area contributed by atoms with Crippen LogP contribution in [0.1, 0.15) is 10.6 Å². The summed E-state index contributed by atoms with van der Waals surface area (Å²) in [4.78, 5) is 47.2. The van der Waals surface area contributed by atoms with Gasteiger partial charge in [-0.2, -0.15) is 4.68 Å². The van der Waals surface area contributed by atoms with Crippen LogP contribution in [0.3, 0.4) is 0 Å². The Morgan fingerprint density at radius 2 is 1.96 bits per heavy atom. The van der Waals surface area contributed by atoms with Gasteiger partial charge in [0, 0.05) is 0 Å². The number of ether oxygens (including phenoxy) is 1. The summed E-state index contributed by atoms with van der Waals surface area (Å²) in [6.07, 6.45) is 1.28. The minimum absolute atomic E-state index is 0.0531. The van der Waals surface area contributed by atoms with Crippen LogP contribution >= 0.6 is 0 Å². The lowest BCUT2D eigenvalue weighted by atomic mass is 10.2. The zero-order valence-electron chi connectivity index (χ0n) is 13.2. The first-order valence-corrected chi connectivity index (χ1v) is 7.40. The van der Waals surface area contributed by atoms with Gasteiger partial charge in [0.15, 0.2) is 12.4 Å². The molecular formula is C16H12N4O6. The molecule has 10 heteroatoms. The van der Waals surface area contributed by atoms with Crippen molar-refractivity contribution in [3.63, 3.8) is 0 Å². The molecule has 10 nitrogen and oxygen atoms in total. The van der Waals surface area contributed by atoms with Gasteiger partial charge in [0.05, 0.1) is 11.6 Å². The Morgan fingerprint density at radius 1 is 1.15 bits per heavy atom. The van der Waals surface area contributed by atoms with Gasteiger partial charge in [-0.1, -0.05) is 17.3 Å². The molecule has 0 atom stereocenters. The maximum atomic E-state index is 12.2. The third kappa shape index (κ3) is 3.80. The van der Waals surface area contributed by atoms with E-state index in [1.165, 1.54) is 18.4 Å². The second-order valence-corrected chi connectivity index (χ2v) is 5.08. The minimum atomic E-state index is -0.878. The average molecular weight is 356 g/mol. The third-order valence-corrected chi connectivity index (χ3v) is 3.27. The Hall–Kier alpha value is -3.82. The number of nitrogens with zero attached hydrogens (tertiary/aromatic N) is 3. The highest BCUT2D eigenvalue weighted by Crippen LogP contribution is 2.03. The first-order chi connectivity index (χ1) is 12.5. The van der Waals surface area contributed by atoms with Crippen molar-refractivity contribution in [1.29, 1.82) is 0 Å². The van der Waals surface area contributed by atoms with Gasteiger partial charge < -0.3 is 9.15 Å². The number of imide groups is 1. The molecule has 0 aliphatic heterocycles. The molecule has 3 rings (SSSR count). The Balaban J connectivity index is 1.56. The minimum Gasteiger partial charge on any atom is -0.459 e. The summed E-state index contributed by atoms with van der Waals surface area (Å²) in [6, 6.07) is 9.40. The number of carbonyl (C=O) groups is 3. The number of amides is 2. The van der Waals surface area contributed by atoms with Crippen LogP contribution < -0.4 is 10.9 Å².